The molecule has 0 radical (unpaired) electrons. The molecule has 0 aromatic carbocycles. The van der Waals surface area contributed by atoms with Crippen molar-refractivity contribution in [3.05, 3.63) is 36.5 Å². The van der Waals surface area contributed by atoms with E-state index in [2.05, 4.69) is 57.2 Å². The predicted octanol–water partition coefficient (Wildman–Crippen LogP) is 23.9. The van der Waals surface area contributed by atoms with Crippen molar-refractivity contribution in [2.24, 2.45) is 0 Å². The SMILES string of the molecule is CCCCC/C=C\C/C=C\CCCCCCCCCC(=O)OC(COC(=O)CCCCCCCCCCCC)COC(=O)CCCCCCCCCCCCCCCCCCCCCCC/C=C\CCCCCCCCCC. The third-order valence-corrected chi connectivity index (χ3v) is 15.9. The smallest absolute Gasteiger partial charge is 0.306 e. The van der Waals surface area contributed by atoms with Gasteiger partial charge in [0.05, 0.1) is 0 Å². The summed E-state index contributed by atoms with van der Waals surface area (Å²) in [5, 5.41) is 0. The molecule has 6 heteroatoms. The molecule has 0 spiro atoms. The van der Waals surface area contributed by atoms with E-state index in [0.29, 0.717) is 19.3 Å². The zero-order valence-corrected chi connectivity index (χ0v) is 52.7. The number of hydrogen-bond acceptors (Lipinski definition) is 6. The summed E-state index contributed by atoms with van der Waals surface area (Å²) in [4.78, 5) is 38.2. The van der Waals surface area contributed by atoms with Gasteiger partial charge in [0.1, 0.15) is 13.2 Å². The van der Waals surface area contributed by atoms with Gasteiger partial charge in [0, 0.05) is 19.3 Å². The molecule has 458 valence electrons. The first-order chi connectivity index (χ1) is 38.5. The van der Waals surface area contributed by atoms with Gasteiger partial charge in [-0.3, -0.25) is 14.4 Å². The van der Waals surface area contributed by atoms with Gasteiger partial charge in [-0.1, -0.05) is 327 Å². The fraction of sp³-hybridized carbons (Fsp3) is 0.875. The van der Waals surface area contributed by atoms with Crippen molar-refractivity contribution in [3.63, 3.8) is 0 Å². The molecular weight excluding hydrogens is 961 g/mol. The summed E-state index contributed by atoms with van der Waals surface area (Å²) >= 11 is 0. The van der Waals surface area contributed by atoms with Crippen LogP contribution in [0.5, 0.6) is 0 Å². The van der Waals surface area contributed by atoms with Crippen molar-refractivity contribution in [2.75, 3.05) is 13.2 Å². The maximum absolute atomic E-state index is 12.9. The van der Waals surface area contributed by atoms with Crippen molar-refractivity contribution in [1.29, 1.82) is 0 Å². The Kier molecular flexibility index (Phi) is 65.1. The highest BCUT2D eigenvalue weighted by atomic mass is 16.6. The second-order valence-corrected chi connectivity index (χ2v) is 23.8. The summed E-state index contributed by atoms with van der Waals surface area (Å²) in [5.41, 5.74) is 0. The highest BCUT2D eigenvalue weighted by molar-refractivity contribution is 5.71. The van der Waals surface area contributed by atoms with E-state index in [0.717, 1.165) is 70.6 Å². The van der Waals surface area contributed by atoms with Gasteiger partial charge in [-0.15, -0.1) is 0 Å². The van der Waals surface area contributed by atoms with Gasteiger partial charge in [-0.05, 0) is 77.0 Å². The maximum Gasteiger partial charge on any atom is 0.306 e. The predicted molar refractivity (Wildman–Crippen MR) is 339 cm³/mol. The lowest BCUT2D eigenvalue weighted by Gasteiger charge is -2.18. The lowest BCUT2D eigenvalue weighted by molar-refractivity contribution is -0.167. The van der Waals surface area contributed by atoms with E-state index in [1.54, 1.807) is 0 Å². The van der Waals surface area contributed by atoms with Gasteiger partial charge in [0.2, 0.25) is 0 Å². The molecular formula is C72H134O6. The first kappa shape index (κ1) is 75.6. The number of unbranched alkanes of at least 4 members (excludes halogenated alkanes) is 48. The Morgan fingerprint density at radius 1 is 0.256 bits per heavy atom. The number of rotatable bonds is 65. The Labute approximate surface area is 486 Å². The van der Waals surface area contributed by atoms with E-state index in [1.807, 2.05) is 0 Å². The minimum atomic E-state index is -0.772. The summed E-state index contributed by atoms with van der Waals surface area (Å²) in [6, 6.07) is 0. The molecule has 0 saturated heterocycles. The number of hydrogen-bond donors (Lipinski definition) is 0. The molecule has 1 unspecified atom stereocenters. The molecule has 78 heavy (non-hydrogen) atoms. The van der Waals surface area contributed by atoms with Crippen molar-refractivity contribution >= 4 is 17.9 Å². The lowest BCUT2D eigenvalue weighted by Crippen LogP contribution is -2.30. The second-order valence-electron chi connectivity index (χ2n) is 23.8. The van der Waals surface area contributed by atoms with Crippen LogP contribution in [0.15, 0.2) is 36.5 Å². The van der Waals surface area contributed by atoms with Crippen LogP contribution in [0.25, 0.3) is 0 Å². The fourth-order valence-electron chi connectivity index (χ4n) is 10.6. The first-order valence-corrected chi connectivity index (χ1v) is 35.0. The topological polar surface area (TPSA) is 78.9 Å². The lowest BCUT2D eigenvalue weighted by atomic mass is 10.0. The van der Waals surface area contributed by atoms with E-state index in [1.165, 1.54) is 276 Å². The Balaban J connectivity index is 4.04. The average Bonchev–Trinajstić information content (AvgIpc) is 3.44. The van der Waals surface area contributed by atoms with E-state index in [9.17, 15) is 14.4 Å². The van der Waals surface area contributed by atoms with Crippen LogP contribution in [0.1, 0.15) is 387 Å². The summed E-state index contributed by atoms with van der Waals surface area (Å²) in [6.07, 6.45) is 83.4. The van der Waals surface area contributed by atoms with Crippen LogP contribution < -0.4 is 0 Å². The first-order valence-electron chi connectivity index (χ1n) is 35.0. The van der Waals surface area contributed by atoms with Gasteiger partial charge in [-0.25, -0.2) is 0 Å². The molecule has 0 heterocycles. The molecule has 0 saturated carbocycles. The highest BCUT2D eigenvalue weighted by Gasteiger charge is 2.19. The molecule has 0 aromatic heterocycles. The van der Waals surface area contributed by atoms with Crippen molar-refractivity contribution in [1.82, 2.24) is 0 Å². The van der Waals surface area contributed by atoms with E-state index >= 15 is 0 Å². The van der Waals surface area contributed by atoms with Gasteiger partial charge in [0.15, 0.2) is 6.10 Å². The van der Waals surface area contributed by atoms with Gasteiger partial charge in [-0.2, -0.15) is 0 Å². The van der Waals surface area contributed by atoms with Gasteiger partial charge >= 0.3 is 17.9 Å². The number of carbonyl (C=O) groups is 3. The second kappa shape index (κ2) is 67.1. The van der Waals surface area contributed by atoms with Crippen LogP contribution in [0.3, 0.4) is 0 Å². The standard InChI is InChI=1S/C72H134O6/c1-4-7-10-13-16-19-22-24-26-28-29-30-31-32-33-34-35-36-37-38-39-40-41-42-43-45-46-48-50-53-56-59-62-65-71(74)77-68-69(67-76-70(73)64-61-58-55-52-21-18-15-12-9-6-3)78-72(75)66-63-60-57-54-51-49-47-44-27-25-23-20-17-14-11-8-5-2/h17,20,25,27-29,69H,4-16,18-19,21-24,26,30-68H2,1-3H3/b20-17-,27-25-,29-28-. The molecule has 0 bridgehead atoms. The highest BCUT2D eigenvalue weighted by Crippen LogP contribution is 2.18. The largest absolute Gasteiger partial charge is 0.462 e. The van der Waals surface area contributed by atoms with Crippen LogP contribution in [0, 0.1) is 0 Å². The van der Waals surface area contributed by atoms with Crippen molar-refractivity contribution in [2.45, 2.75) is 393 Å². The minimum absolute atomic E-state index is 0.0701. The molecule has 1 atom stereocenters. The van der Waals surface area contributed by atoms with Crippen LogP contribution in [-0.4, -0.2) is 37.2 Å². The molecule has 0 N–H and O–H groups in total. The molecule has 0 aliphatic heterocycles. The quantitative estimate of drug-likeness (QED) is 0.0261. The molecule has 0 rings (SSSR count). The molecule has 0 aliphatic carbocycles. The van der Waals surface area contributed by atoms with Crippen LogP contribution in [0.2, 0.25) is 0 Å². The van der Waals surface area contributed by atoms with E-state index in [-0.39, 0.29) is 31.1 Å². The maximum atomic E-state index is 12.9. The van der Waals surface area contributed by atoms with Crippen molar-refractivity contribution in [3.8, 4) is 0 Å². The normalized spacial score (nSPS) is 12.2. The molecule has 0 amide bonds. The number of carbonyl (C=O) groups excluding carboxylic acids is 3. The molecule has 0 aliphatic rings. The molecule has 0 fully saturated rings. The van der Waals surface area contributed by atoms with Gasteiger partial charge < -0.3 is 14.2 Å². The van der Waals surface area contributed by atoms with E-state index in [4.69, 9.17) is 14.2 Å². The summed E-state index contributed by atoms with van der Waals surface area (Å²) in [5.74, 6) is -0.855. The Morgan fingerprint density at radius 2 is 0.462 bits per heavy atom. The Hall–Kier alpha value is -2.37. The third kappa shape index (κ3) is 64.5. The van der Waals surface area contributed by atoms with E-state index < -0.39 is 6.10 Å². The fourth-order valence-corrected chi connectivity index (χ4v) is 10.6. The van der Waals surface area contributed by atoms with Gasteiger partial charge in [0.25, 0.3) is 0 Å². The minimum Gasteiger partial charge on any atom is -0.462 e. The monoisotopic (exact) mass is 1100 g/mol. The van der Waals surface area contributed by atoms with Crippen LogP contribution in [0.4, 0.5) is 0 Å². The third-order valence-electron chi connectivity index (χ3n) is 15.9. The number of esters is 3. The summed E-state index contributed by atoms with van der Waals surface area (Å²) in [6.45, 7) is 6.65. The average molecular weight is 1100 g/mol. The zero-order chi connectivity index (χ0) is 56.4. The molecule has 6 nitrogen and oxygen atoms in total. The Morgan fingerprint density at radius 3 is 0.744 bits per heavy atom. The zero-order valence-electron chi connectivity index (χ0n) is 52.7. The summed E-state index contributed by atoms with van der Waals surface area (Å²) in [7, 11) is 0. The number of allylic oxidation sites excluding steroid dienone is 6. The van der Waals surface area contributed by atoms with Crippen LogP contribution >= 0.6 is 0 Å². The van der Waals surface area contributed by atoms with Crippen molar-refractivity contribution < 1.29 is 28.6 Å². The Bertz CT molecular complexity index is 1300. The van der Waals surface area contributed by atoms with Crippen LogP contribution in [-0.2, 0) is 28.6 Å². The summed E-state index contributed by atoms with van der Waals surface area (Å²) < 4.78 is 16.9. The number of ether oxygens (including phenoxy) is 3. The molecule has 0 aromatic rings.